The molecule has 1 aliphatic carbocycles. The highest BCUT2D eigenvalue weighted by atomic mass is 19.4. The van der Waals surface area contributed by atoms with Crippen LogP contribution in [0.2, 0.25) is 0 Å². The molecule has 0 atom stereocenters. The summed E-state index contributed by atoms with van der Waals surface area (Å²) in [6, 6.07) is 9.18. The van der Waals surface area contributed by atoms with Crippen molar-refractivity contribution in [1.82, 2.24) is 0 Å². The second kappa shape index (κ2) is 8.45. The quantitative estimate of drug-likeness (QED) is 0.496. The Morgan fingerprint density at radius 3 is 2.55 bits per heavy atom. The molecular formula is C22H21F4N3O4. The Hall–Kier alpha value is -3.50. The van der Waals surface area contributed by atoms with Gasteiger partial charge in [-0.3, -0.25) is 9.69 Å². The summed E-state index contributed by atoms with van der Waals surface area (Å²) in [5, 5.41) is 2.56. The first-order chi connectivity index (χ1) is 15.6. The minimum Gasteiger partial charge on any atom is -0.441 e. The molecule has 2 aromatic rings. The van der Waals surface area contributed by atoms with Crippen LogP contribution >= 0.6 is 0 Å². The van der Waals surface area contributed by atoms with Gasteiger partial charge in [0.2, 0.25) is 5.91 Å². The summed E-state index contributed by atoms with van der Waals surface area (Å²) in [5.74, 6) is -1.89. The number of hydrogen-bond acceptors (Lipinski definition) is 5. The zero-order chi connectivity index (χ0) is 23.8. The molecule has 2 aliphatic rings. The highest BCUT2D eigenvalue weighted by Gasteiger charge is 2.49. The molecule has 2 aromatic carbocycles. The van der Waals surface area contributed by atoms with Crippen molar-refractivity contribution in [2.45, 2.75) is 37.6 Å². The summed E-state index contributed by atoms with van der Waals surface area (Å²) in [4.78, 5) is 26.3. The third-order valence-electron chi connectivity index (χ3n) is 5.90. The maximum absolute atomic E-state index is 14.1. The fourth-order valence-corrected chi connectivity index (χ4v) is 4.22. The lowest BCUT2D eigenvalue weighted by Gasteiger charge is -2.34. The molecule has 0 bridgehead atoms. The molecule has 1 saturated heterocycles. The molecule has 4 rings (SSSR count). The van der Waals surface area contributed by atoms with Gasteiger partial charge in [-0.1, -0.05) is 12.1 Å². The summed E-state index contributed by atoms with van der Waals surface area (Å²) in [7, 11) is 0. The number of nitrogen functional groups attached to an aromatic ring is 1. The number of nitrogens with two attached hydrogens (primary N) is 1. The van der Waals surface area contributed by atoms with E-state index < -0.39 is 41.4 Å². The van der Waals surface area contributed by atoms with E-state index in [1.807, 2.05) is 0 Å². The van der Waals surface area contributed by atoms with Crippen molar-refractivity contribution in [3.8, 4) is 5.75 Å². The van der Waals surface area contributed by atoms with E-state index in [-0.39, 0.29) is 23.6 Å². The van der Waals surface area contributed by atoms with Crippen LogP contribution in [0, 0.1) is 11.7 Å². The molecule has 2 amide bonds. The average Bonchev–Trinajstić information content (AvgIpc) is 3.05. The van der Waals surface area contributed by atoms with E-state index in [1.54, 1.807) is 6.07 Å². The number of para-hydroxylation sites is 1. The summed E-state index contributed by atoms with van der Waals surface area (Å²) in [5.41, 5.74) is 5.20. The molecule has 1 saturated carbocycles. The predicted octanol–water partition coefficient (Wildman–Crippen LogP) is 4.83. The van der Waals surface area contributed by atoms with E-state index in [2.05, 4.69) is 10.1 Å². The number of amides is 2. The predicted molar refractivity (Wildman–Crippen MR) is 111 cm³/mol. The Kier molecular flexibility index (Phi) is 5.81. The van der Waals surface area contributed by atoms with Crippen molar-refractivity contribution >= 4 is 29.1 Å². The van der Waals surface area contributed by atoms with Crippen LogP contribution in [-0.4, -0.2) is 30.5 Å². The van der Waals surface area contributed by atoms with Crippen LogP contribution in [-0.2, 0) is 9.53 Å². The van der Waals surface area contributed by atoms with E-state index in [9.17, 15) is 27.2 Å². The van der Waals surface area contributed by atoms with Crippen molar-refractivity contribution in [2.75, 3.05) is 22.5 Å². The van der Waals surface area contributed by atoms with E-state index in [4.69, 9.17) is 10.5 Å². The number of carbonyl (C=O) groups is 2. The minimum atomic E-state index is -4.87. The third-order valence-corrected chi connectivity index (χ3v) is 5.90. The minimum absolute atomic E-state index is 0.0139. The van der Waals surface area contributed by atoms with Crippen molar-refractivity contribution in [2.24, 2.45) is 5.92 Å². The number of benzene rings is 2. The fourth-order valence-electron chi connectivity index (χ4n) is 4.22. The van der Waals surface area contributed by atoms with E-state index in [1.165, 1.54) is 29.2 Å². The number of hydrogen-bond donors (Lipinski definition) is 2. The molecular weight excluding hydrogens is 446 g/mol. The molecule has 1 spiro atoms. The van der Waals surface area contributed by atoms with Crippen molar-refractivity contribution in [3.63, 3.8) is 0 Å². The topological polar surface area (TPSA) is 93.9 Å². The van der Waals surface area contributed by atoms with Crippen LogP contribution in [0.3, 0.4) is 0 Å². The van der Waals surface area contributed by atoms with Gasteiger partial charge in [0.25, 0.3) is 0 Å². The monoisotopic (exact) mass is 467 g/mol. The first kappa shape index (κ1) is 22.7. The van der Waals surface area contributed by atoms with Crippen LogP contribution in [0.15, 0.2) is 42.5 Å². The van der Waals surface area contributed by atoms with Gasteiger partial charge in [0, 0.05) is 12.0 Å². The number of ether oxygens (including phenoxy) is 2. The number of halogens is 4. The zero-order valence-corrected chi connectivity index (χ0v) is 17.3. The summed E-state index contributed by atoms with van der Waals surface area (Å²) < 4.78 is 60.9. The smallest absolute Gasteiger partial charge is 0.441 e. The van der Waals surface area contributed by atoms with Crippen molar-refractivity contribution in [1.29, 1.82) is 0 Å². The summed E-state index contributed by atoms with van der Waals surface area (Å²) in [6.07, 6.45) is -3.99. The molecule has 0 radical (unpaired) electrons. The van der Waals surface area contributed by atoms with Gasteiger partial charge in [-0.2, -0.15) is 0 Å². The number of rotatable bonds is 4. The van der Waals surface area contributed by atoms with Crippen LogP contribution in [0.5, 0.6) is 5.75 Å². The van der Waals surface area contributed by atoms with Gasteiger partial charge in [0.15, 0.2) is 0 Å². The summed E-state index contributed by atoms with van der Waals surface area (Å²) >= 11 is 0. The Morgan fingerprint density at radius 2 is 1.88 bits per heavy atom. The lowest BCUT2D eigenvalue weighted by molar-refractivity contribution is -0.274. The number of alkyl halides is 3. The van der Waals surface area contributed by atoms with Crippen LogP contribution in [0.25, 0.3) is 0 Å². The molecule has 7 nitrogen and oxygen atoms in total. The van der Waals surface area contributed by atoms with Gasteiger partial charge in [0.05, 0.1) is 23.6 Å². The lowest BCUT2D eigenvalue weighted by Crippen LogP contribution is -2.41. The van der Waals surface area contributed by atoms with Crippen molar-refractivity contribution in [3.05, 3.63) is 48.3 Å². The molecule has 2 fully saturated rings. The largest absolute Gasteiger partial charge is 0.573 e. The molecule has 0 aromatic heterocycles. The van der Waals surface area contributed by atoms with Crippen LogP contribution in [0.4, 0.5) is 39.4 Å². The molecule has 1 heterocycles. The normalized spacial score (nSPS) is 22.8. The first-order valence-corrected chi connectivity index (χ1v) is 10.3. The summed E-state index contributed by atoms with van der Waals surface area (Å²) in [6.45, 7) is 0.172. The lowest BCUT2D eigenvalue weighted by atomic mass is 9.78. The van der Waals surface area contributed by atoms with Crippen molar-refractivity contribution < 1.29 is 36.6 Å². The Balaban J connectivity index is 1.39. The molecule has 1 aliphatic heterocycles. The number of anilines is 3. The van der Waals surface area contributed by atoms with Gasteiger partial charge < -0.3 is 20.5 Å². The second-order valence-corrected chi connectivity index (χ2v) is 8.15. The van der Waals surface area contributed by atoms with E-state index >= 15 is 0 Å². The zero-order valence-electron chi connectivity index (χ0n) is 17.3. The highest BCUT2D eigenvalue weighted by molar-refractivity contribution is 5.96. The Morgan fingerprint density at radius 1 is 1.18 bits per heavy atom. The average molecular weight is 467 g/mol. The first-order valence-electron chi connectivity index (χ1n) is 10.3. The van der Waals surface area contributed by atoms with Gasteiger partial charge in [0.1, 0.15) is 17.2 Å². The second-order valence-electron chi connectivity index (χ2n) is 8.15. The van der Waals surface area contributed by atoms with Gasteiger partial charge in [-0.05, 0) is 49.9 Å². The Bertz CT molecular complexity index is 1070. The molecule has 11 heteroatoms. The maximum Gasteiger partial charge on any atom is 0.573 e. The fraction of sp³-hybridized carbons (Fsp3) is 0.364. The van der Waals surface area contributed by atoms with Crippen LogP contribution < -0.4 is 20.7 Å². The Labute approximate surface area is 186 Å². The number of nitrogens with zero attached hydrogens (tertiary/aromatic N) is 1. The van der Waals surface area contributed by atoms with Gasteiger partial charge >= 0.3 is 12.5 Å². The van der Waals surface area contributed by atoms with E-state index in [0.717, 1.165) is 12.1 Å². The molecule has 176 valence electrons. The van der Waals surface area contributed by atoms with Gasteiger partial charge in [-0.15, -0.1) is 13.2 Å². The van der Waals surface area contributed by atoms with Gasteiger partial charge in [-0.25, -0.2) is 9.18 Å². The molecule has 3 N–H and O–H groups in total. The highest BCUT2D eigenvalue weighted by Crippen LogP contribution is 2.41. The molecule has 0 unspecified atom stereocenters. The number of nitrogens with one attached hydrogen (secondary N) is 1. The molecule has 33 heavy (non-hydrogen) atoms. The number of carbonyl (C=O) groups excluding carboxylic acids is 2. The standard InChI is InChI=1S/C22H21F4N3O4/c23-15-3-1-2-4-18(15)29-12-21(33-20(29)31)9-7-13(8-10-21)19(30)28-17-11-14(5-6-16(17)27)32-22(24,25)26/h1-6,11,13H,7-10,12,27H2,(H,28,30). The van der Waals surface area contributed by atoms with E-state index in [0.29, 0.717) is 25.7 Å². The maximum atomic E-state index is 14.1. The third kappa shape index (κ3) is 4.96. The van der Waals surface area contributed by atoms with Crippen LogP contribution in [0.1, 0.15) is 25.7 Å². The SMILES string of the molecule is Nc1ccc(OC(F)(F)F)cc1NC(=O)C1CCC2(CC1)CN(c1ccccc1F)C(=O)O2.